The van der Waals surface area contributed by atoms with Crippen LogP contribution in [0.25, 0.3) is 22.6 Å². The molecule has 28 heavy (non-hydrogen) atoms. The van der Waals surface area contributed by atoms with E-state index in [-0.39, 0.29) is 11.3 Å². The zero-order valence-corrected chi connectivity index (χ0v) is 16.1. The molecule has 1 aromatic carbocycles. The fourth-order valence-electron chi connectivity index (χ4n) is 2.90. The minimum atomic E-state index is -0.530. The Hall–Kier alpha value is -3.33. The Morgan fingerprint density at radius 3 is 2.86 bits per heavy atom. The molecule has 0 atom stereocenters. The number of halogens is 1. The number of non-ortho nitro benzene ring substituents is 1. The van der Waals surface area contributed by atoms with Gasteiger partial charge in [0.15, 0.2) is 5.65 Å². The summed E-state index contributed by atoms with van der Waals surface area (Å²) in [4.78, 5) is 35.2. The molecule has 0 spiro atoms. The van der Waals surface area contributed by atoms with Crippen molar-refractivity contribution < 1.29 is 9.72 Å². The molecule has 2 N–H and O–H groups in total. The second-order valence-corrected chi connectivity index (χ2v) is 7.14. The van der Waals surface area contributed by atoms with Crippen molar-refractivity contribution in [1.29, 1.82) is 0 Å². The molecule has 3 aromatic rings. The number of nitro groups is 1. The lowest BCUT2D eigenvalue weighted by molar-refractivity contribution is -0.384. The van der Waals surface area contributed by atoms with Crippen molar-refractivity contribution in [3.63, 3.8) is 0 Å². The van der Waals surface area contributed by atoms with E-state index in [0.29, 0.717) is 28.2 Å². The maximum Gasteiger partial charge on any atom is 0.270 e. The number of aromatic amines is 1. The molecule has 0 bridgehead atoms. The molecule has 1 aliphatic carbocycles. The second-order valence-electron chi connectivity index (χ2n) is 6.23. The average Bonchev–Trinajstić information content (AvgIpc) is 3.11. The Balaban J connectivity index is 1.74. The molecule has 1 aliphatic rings. The normalized spacial score (nSPS) is 13.4. The molecular weight excluding hydrogens is 426 g/mol. The van der Waals surface area contributed by atoms with E-state index >= 15 is 0 Å². The van der Waals surface area contributed by atoms with Gasteiger partial charge in [-0.15, -0.1) is 0 Å². The highest BCUT2D eigenvalue weighted by atomic mass is 79.9. The third kappa shape index (κ3) is 3.70. The van der Waals surface area contributed by atoms with Crippen molar-refractivity contribution in [2.45, 2.75) is 12.8 Å². The number of carbonyl (C=O) groups excluding carboxylic acids is 1. The van der Waals surface area contributed by atoms with Gasteiger partial charge in [0, 0.05) is 39.6 Å². The van der Waals surface area contributed by atoms with Crippen LogP contribution in [-0.2, 0) is 0 Å². The van der Waals surface area contributed by atoms with Gasteiger partial charge in [0.25, 0.3) is 11.6 Å². The van der Waals surface area contributed by atoms with Gasteiger partial charge in [-0.05, 0) is 47.0 Å². The zero-order chi connectivity index (χ0) is 19.7. The first kappa shape index (κ1) is 18.1. The fourth-order valence-corrected chi connectivity index (χ4v) is 3.22. The van der Waals surface area contributed by atoms with Crippen molar-refractivity contribution >= 4 is 38.7 Å². The molecule has 1 amide bonds. The Bertz CT molecular complexity index is 1170. The number of H-pyrrole nitrogens is 1. The monoisotopic (exact) mass is 439 g/mol. The highest BCUT2D eigenvalue weighted by molar-refractivity contribution is 9.10. The van der Waals surface area contributed by atoms with Gasteiger partial charge in [0.2, 0.25) is 0 Å². The molecule has 4 rings (SSSR count). The summed E-state index contributed by atoms with van der Waals surface area (Å²) in [5.41, 5.74) is 2.26. The van der Waals surface area contributed by atoms with Gasteiger partial charge in [-0.25, -0.2) is 9.97 Å². The number of benzene rings is 1. The molecule has 8 nitrogen and oxygen atoms in total. The van der Waals surface area contributed by atoms with E-state index in [9.17, 15) is 14.9 Å². The van der Waals surface area contributed by atoms with E-state index in [4.69, 9.17) is 0 Å². The number of nitrogens with one attached hydrogen (secondary N) is 2. The third-order valence-corrected chi connectivity index (χ3v) is 4.65. The number of pyridine rings is 1. The van der Waals surface area contributed by atoms with E-state index in [0.717, 1.165) is 17.3 Å². The summed E-state index contributed by atoms with van der Waals surface area (Å²) in [5.74, 6) is -0.0186. The number of nitrogens with zero attached hydrogens (tertiary/aromatic N) is 3. The maximum atomic E-state index is 12.6. The predicted octanol–water partition coefficient (Wildman–Crippen LogP) is 4.26. The van der Waals surface area contributed by atoms with Crippen molar-refractivity contribution in [3.8, 4) is 11.4 Å². The first-order valence-electron chi connectivity index (χ1n) is 8.49. The Labute approximate surface area is 167 Å². The van der Waals surface area contributed by atoms with Crippen LogP contribution in [0.3, 0.4) is 0 Å². The first-order chi connectivity index (χ1) is 13.5. The lowest BCUT2D eigenvalue weighted by atomic mass is 10.1. The topological polar surface area (TPSA) is 114 Å². The van der Waals surface area contributed by atoms with Gasteiger partial charge in [0.05, 0.1) is 4.92 Å². The van der Waals surface area contributed by atoms with Crippen LogP contribution in [0.15, 0.2) is 58.9 Å². The highest BCUT2D eigenvalue weighted by Crippen LogP contribution is 2.27. The van der Waals surface area contributed by atoms with E-state index < -0.39 is 10.8 Å². The number of hydrogen-bond acceptors (Lipinski definition) is 5. The summed E-state index contributed by atoms with van der Waals surface area (Å²) in [6.07, 6.45) is 9.10. The Kier molecular flexibility index (Phi) is 4.74. The highest BCUT2D eigenvalue weighted by Gasteiger charge is 2.18. The van der Waals surface area contributed by atoms with Crippen LogP contribution in [-0.4, -0.2) is 25.8 Å². The summed E-state index contributed by atoms with van der Waals surface area (Å²) < 4.78 is 0.769. The number of fused-ring (bicyclic) bond motifs is 1. The minimum absolute atomic E-state index is 0.179. The molecule has 2 aromatic heterocycles. The van der Waals surface area contributed by atoms with E-state index in [1.165, 1.54) is 12.1 Å². The van der Waals surface area contributed by atoms with Crippen LogP contribution in [0.2, 0.25) is 0 Å². The molecular formula is C19H14BrN5O3. The van der Waals surface area contributed by atoms with Gasteiger partial charge >= 0.3 is 0 Å². The summed E-state index contributed by atoms with van der Waals surface area (Å²) >= 11 is 3.34. The molecule has 0 saturated heterocycles. The lowest BCUT2D eigenvalue weighted by Gasteiger charge is -2.10. The second kappa shape index (κ2) is 7.35. The van der Waals surface area contributed by atoms with Crippen LogP contribution in [0, 0.1) is 10.1 Å². The Morgan fingerprint density at radius 1 is 1.25 bits per heavy atom. The van der Waals surface area contributed by atoms with Gasteiger partial charge in [-0.1, -0.05) is 12.2 Å². The zero-order valence-electron chi connectivity index (χ0n) is 14.5. The number of carbonyl (C=O) groups is 1. The molecule has 0 fully saturated rings. The maximum absolute atomic E-state index is 12.6. The summed E-state index contributed by atoms with van der Waals surface area (Å²) in [6, 6.07) is 5.99. The van der Waals surface area contributed by atoms with E-state index in [1.54, 1.807) is 18.3 Å². The van der Waals surface area contributed by atoms with Crippen molar-refractivity contribution in [3.05, 3.63) is 74.5 Å². The SMILES string of the molecule is O=C(NC1=CCCC=C1)c1cc(-c2nc3cc(Br)cnc3[nH]2)cc([N+](=O)[O-])c1. The number of imidazole rings is 1. The van der Waals surface area contributed by atoms with Crippen molar-refractivity contribution in [2.24, 2.45) is 0 Å². The number of allylic oxidation sites excluding steroid dienone is 3. The van der Waals surface area contributed by atoms with Gasteiger partial charge in [-0.2, -0.15) is 0 Å². The summed E-state index contributed by atoms with van der Waals surface area (Å²) in [6.45, 7) is 0. The molecule has 0 saturated carbocycles. The number of aromatic nitrogens is 3. The van der Waals surface area contributed by atoms with Gasteiger partial charge < -0.3 is 10.3 Å². The predicted molar refractivity (Wildman–Crippen MR) is 108 cm³/mol. The summed E-state index contributed by atoms with van der Waals surface area (Å²) in [7, 11) is 0. The molecule has 0 radical (unpaired) electrons. The molecule has 140 valence electrons. The van der Waals surface area contributed by atoms with Gasteiger partial charge in [-0.3, -0.25) is 14.9 Å². The number of amides is 1. The largest absolute Gasteiger partial charge is 0.323 e. The van der Waals surface area contributed by atoms with E-state index in [2.05, 4.69) is 36.2 Å². The van der Waals surface area contributed by atoms with Gasteiger partial charge in [0.1, 0.15) is 11.3 Å². The third-order valence-electron chi connectivity index (χ3n) is 4.22. The van der Waals surface area contributed by atoms with Crippen LogP contribution < -0.4 is 5.32 Å². The average molecular weight is 440 g/mol. The molecule has 2 heterocycles. The van der Waals surface area contributed by atoms with Crippen molar-refractivity contribution in [1.82, 2.24) is 20.3 Å². The molecule has 9 heteroatoms. The fraction of sp³-hybridized carbons (Fsp3) is 0.105. The standard InChI is InChI=1S/C19H14BrN5O3/c20-13-9-16-18(21-10-13)24-17(23-16)11-6-12(8-15(7-11)25(27)28)19(26)22-14-4-2-1-3-5-14/h2,4-10H,1,3H2,(H,22,26)(H,21,23,24). The molecule has 0 aliphatic heterocycles. The van der Waals surface area contributed by atoms with Crippen LogP contribution >= 0.6 is 15.9 Å². The van der Waals surface area contributed by atoms with Crippen molar-refractivity contribution in [2.75, 3.05) is 0 Å². The minimum Gasteiger partial charge on any atom is -0.323 e. The quantitative estimate of drug-likeness (QED) is 0.465. The Morgan fingerprint density at radius 2 is 2.11 bits per heavy atom. The van der Waals surface area contributed by atoms with Crippen LogP contribution in [0.4, 0.5) is 5.69 Å². The first-order valence-corrected chi connectivity index (χ1v) is 9.28. The van der Waals surface area contributed by atoms with Crippen LogP contribution in [0.5, 0.6) is 0 Å². The van der Waals surface area contributed by atoms with Crippen LogP contribution in [0.1, 0.15) is 23.2 Å². The number of hydrogen-bond donors (Lipinski definition) is 2. The van der Waals surface area contributed by atoms with E-state index in [1.807, 2.05) is 18.2 Å². The lowest BCUT2D eigenvalue weighted by Crippen LogP contribution is -2.22. The number of nitro benzene ring substituents is 1. The number of rotatable bonds is 4. The smallest absolute Gasteiger partial charge is 0.270 e. The molecule has 0 unspecified atom stereocenters. The summed E-state index contributed by atoms with van der Waals surface area (Å²) in [5, 5.41) is 14.1.